The van der Waals surface area contributed by atoms with Gasteiger partial charge in [0, 0.05) is 46.2 Å². The quantitative estimate of drug-likeness (QED) is 0.113. The predicted molar refractivity (Wildman–Crippen MR) is 263 cm³/mol. The third-order valence-electron chi connectivity index (χ3n) is 14.5. The van der Waals surface area contributed by atoms with Crippen LogP contribution in [-0.2, 0) is 30.9 Å². The van der Waals surface area contributed by atoms with E-state index in [0.717, 1.165) is 33.5 Å². The van der Waals surface area contributed by atoms with Crippen molar-refractivity contribution < 1.29 is 20.1 Å². The first-order valence-electron chi connectivity index (χ1n) is 23.6. The SMILES string of the molecule is CC(C)(c1[c-]cccc1)c1ccccn1.CC(c1[c-]cccc1)(c1[c-]c2c(cc1)c1ccccc1n1c(-c3c(C4CCCCC4)cccc3C3CCCCC3)cnc21)c1ccccn1.[Ir+3]. The van der Waals surface area contributed by atoms with Gasteiger partial charge in [0.2, 0.25) is 0 Å². The molecule has 0 radical (unpaired) electrons. The fraction of sp³-hybridized carbons (Fsp3) is 0.283. The van der Waals surface area contributed by atoms with Crippen molar-refractivity contribution in [3.05, 3.63) is 216 Å². The average Bonchev–Trinajstić information content (AvgIpc) is 3.83. The van der Waals surface area contributed by atoms with Gasteiger partial charge in [0.05, 0.1) is 17.0 Å². The van der Waals surface area contributed by atoms with Crippen molar-refractivity contribution in [3.8, 4) is 11.3 Å². The van der Waals surface area contributed by atoms with Gasteiger partial charge in [-0.3, -0.25) is 15.0 Å². The van der Waals surface area contributed by atoms with E-state index < -0.39 is 5.41 Å². The molecular formula is C60H57IrN4. The Bertz CT molecular complexity index is 2870. The molecule has 2 fully saturated rings. The number of benzene rings is 5. The summed E-state index contributed by atoms with van der Waals surface area (Å²) < 4.78 is 2.47. The van der Waals surface area contributed by atoms with Crippen LogP contribution in [0.3, 0.4) is 0 Å². The van der Waals surface area contributed by atoms with E-state index in [1.54, 1.807) is 0 Å². The molecule has 0 bridgehead atoms. The number of fused-ring (bicyclic) bond motifs is 6. The largest absolute Gasteiger partial charge is 3.00 e. The molecule has 0 aliphatic heterocycles. The monoisotopic (exact) mass is 1030 g/mol. The van der Waals surface area contributed by atoms with E-state index in [1.165, 1.54) is 108 Å². The molecule has 5 aromatic carbocycles. The molecule has 65 heavy (non-hydrogen) atoms. The minimum atomic E-state index is -0.545. The van der Waals surface area contributed by atoms with Crippen molar-refractivity contribution in [2.24, 2.45) is 0 Å². The van der Waals surface area contributed by atoms with E-state index in [2.05, 4.69) is 146 Å². The Morgan fingerprint density at radius 2 is 1.11 bits per heavy atom. The number of aromatic nitrogens is 4. The molecule has 1 unspecified atom stereocenters. The van der Waals surface area contributed by atoms with Crippen molar-refractivity contribution >= 4 is 27.3 Å². The van der Waals surface area contributed by atoms with Gasteiger partial charge in [-0.15, -0.1) is 29.3 Å². The van der Waals surface area contributed by atoms with Gasteiger partial charge < -0.3 is 4.40 Å². The molecule has 5 heteroatoms. The Labute approximate surface area is 399 Å². The minimum absolute atomic E-state index is 0. The summed E-state index contributed by atoms with van der Waals surface area (Å²) in [4.78, 5) is 14.6. The van der Waals surface area contributed by atoms with Gasteiger partial charge in [0.15, 0.2) is 0 Å². The van der Waals surface area contributed by atoms with Gasteiger partial charge in [-0.1, -0.05) is 112 Å². The van der Waals surface area contributed by atoms with E-state index >= 15 is 0 Å². The number of imidazole rings is 1. The van der Waals surface area contributed by atoms with Crippen LogP contribution < -0.4 is 0 Å². The van der Waals surface area contributed by atoms with E-state index in [9.17, 15) is 0 Å². The number of rotatable bonds is 8. The van der Waals surface area contributed by atoms with Gasteiger partial charge in [0.25, 0.3) is 0 Å². The Morgan fingerprint density at radius 1 is 0.523 bits per heavy atom. The second-order valence-corrected chi connectivity index (χ2v) is 18.7. The molecule has 1 atom stereocenters. The van der Waals surface area contributed by atoms with E-state index in [1.807, 2.05) is 60.9 Å². The molecule has 326 valence electrons. The fourth-order valence-corrected chi connectivity index (χ4v) is 10.9. The second-order valence-electron chi connectivity index (χ2n) is 18.7. The average molecular weight is 1030 g/mol. The van der Waals surface area contributed by atoms with Crippen LogP contribution >= 0.6 is 0 Å². The van der Waals surface area contributed by atoms with Crippen molar-refractivity contribution in [2.75, 3.05) is 0 Å². The van der Waals surface area contributed by atoms with Crippen LogP contribution in [0.1, 0.15) is 136 Å². The van der Waals surface area contributed by atoms with Crippen molar-refractivity contribution in [2.45, 2.75) is 108 Å². The first kappa shape index (κ1) is 44.5. The first-order valence-corrected chi connectivity index (χ1v) is 23.6. The molecule has 9 aromatic rings. The summed E-state index contributed by atoms with van der Waals surface area (Å²) in [5, 5.41) is 3.46. The molecule has 0 N–H and O–H groups in total. The van der Waals surface area contributed by atoms with E-state index in [4.69, 9.17) is 9.97 Å². The van der Waals surface area contributed by atoms with Crippen LogP contribution in [-0.4, -0.2) is 19.4 Å². The molecule has 2 saturated carbocycles. The number of pyridine rings is 3. The van der Waals surface area contributed by atoms with Crippen LogP contribution in [0.15, 0.2) is 158 Å². The topological polar surface area (TPSA) is 43.1 Å². The van der Waals surface area contributed by atoms with Crippen LogP contribution in [0.25, 0.3) is 38.6 Å². The van der Waals surface area contributed by atoms with Crippen molar-refractivity contribution in [1.82, 2.24) is 19.4 Å². The maximum absolute atomic E-state index is 5.32. The number of hydrogen-bond donors (Lipinski definition) is 0. The zero-order chi connectivity index (χ0) is 43.5. The van der Waals surface area contributed by atoms with Crippen LogP contribution in [0.5, 0.6) is 0 Å². The Kier molecular flexibility index (Phi) is 13.3. The van der Waals surface area contributed by atoms with Gasteiger partial charge in [-0.05, 0) is 91.3 Å². The zero-order valence-corrected chi connectivity index (χ0v) is 40.3. The molecule has 2 aliphatic rings. The second kappa shape index (κ2) is 19.4. The molecular weight excluding hydrogens is 969 g/mol. The number of hydrogen-bond acceptors (Lipinski definition) is 3. The predicted octanol–water partition coefficient (Wildman–Crippen LogP) is 15.0. The summed E-state index contributed by atoms with van der Waals surface area (Å²) in [6, 6.07) is 60.0. The smallest absolute Gasteiger partial charge is 0.333 e. The number of nitrogens with zero attached hydrogens (tertiary/aromatic N) is 4. The Balaban J connectivity index is 0.000000283. The van der Waals surface area contributed by atoms with Gasteiger partial charge in [0.1, 0.15) is 0 Å². The summed E-state index contributed by atoms with van der Waals surface area (Å²) >= 11 is 0. The summed E-state index contributed by atoms with van der Waals surface area (Å²) in [5.41, 5.74) is 12.7. The fourth-order valence-electron chi connectivity index (χ4n) is 10.9. The molecule has 4 heterocycles. The third-order valence-corrected chi connectivity index (χ3v) is 14.5. The molecule has 11 rings (SSSR count). The van der Waals surface area contributed by atoms with Gasteiger partial charge >= 0.3 is 20.1 Å². The first-order chi connectivity index (χ1) is 31.4. The zero-order valence-electron chi connectivity index (χ0n) is 37.9. The summed E-state index contributed by atoms with van der Waals surface area (Å²) in [6.45, 7) is 6.59. The summed E-state index contributed by atoms with van der Waals surface area (Å²) in [5.74, 6) is 1.20. The molecule has 0 spiro atoms. The third kappa shape index (κ3) is 8.50. The Hall–Kier alpha value is -5.74. The maximum Gasteiger partial charge on any atom is 3.00 e. The van der Waals surface area contributed by atoms with Crippen LogP contribution in [0, 0.1) is 18.2 Å². The van der Waals surface area contributed by atoms with E-state index in [-0.39, 0.29) is 25.5 Å². The maximum atomic E-state index is 5.32. The molecule has 0 saturated heterocycles. The summed E-state index contributed by atoms with van der Waals surface area (Å²) in [6.07, 6.45) is 19.0. The van der Waals surface area contributed by atoms with Gasteiger partial charge in [-0.2, -0.15) is 66.2 Å². The van der Waals surface area contributed by atoms with Crippen LogP contribution in [0.2, 0.25) is 0 Å². The molecule has 2 aliphatic carbocycles. The van der Waals surface area contributed by atoms with Crippen molar-refractivity contribution in [3.63, 3.8) is 0 Å². The van der Waals surface area contributed by atoms with E-state index in [0.29, 0.717) is 11.8 Å². The van der Waals surface area contributed by atoms with Crippen LogP contribution in [0.4, 0.5) is 0 Å². The molecule has 4 nitrogen and oxygen atoms in total. The molecule has 4 aromatic heterocycles. The normalized spacial score (nSPS) is 15.8. The number of para-hydroxylation sites is 1. The van der Waals surface area contributed by atoms with Gasteiger partial charge in [-0.25, -0.2) is 0 Å². The van der Waals surface area contributed by atoms with Crippen molar-refractivity contribution in [1.29, 1.82) is 0 Å². The molecule has 0 amide bonds. The minimum Gasteiger partial charge on any atom is -0.333 e. The standard InChI is InChI=1S/C46H43N3.C14H14N.Ir/c1-46(34-20-9-4-10-21-34,43-26-13-14-29-47-43)35-27-28-38-39-22-11-12-25-41(39)49-42(31-48-45(49)40(38)30-35)44-36(32-16-5-2-6-17-32)23-15-24-37(44)33-18-7-3-8-19-33;1-14(2,12-8-4-3-5-9-12)13-10-6-7-11-15-13;/h4,9-15,20,22-29,31-33H,2-3,5-8,16-19H2,1H3;3-8,10-11H,1-2H3;/q-2;-1;+3. The Morgan fingerprint density at radius 3 is 1.71 bits per heavy atom. The summed E-state index contributed by atoms with van der Waals surface area (Å²) in [7, 11) is 0.